The van der Waals surface area contributed by atoms with E-state index in [1.165, 1.54) is 6.42 Å². The summed E-state index contributed by atoms with van der Waals surface area (Å²) in [6, 6.07) is 2.02. The Morgan fingerprint density at radius 3 is 3.11 bits per heavy atom. The SMILES string of the molecule is CC(C)n1nccc1NC(=O)C1CCCCCN1. The predicted octanol–water partition coefficient (Wildman–Crippen LogP) is 1.93. The van der Waals surface area contributed by atoms with E-state index in [1.807, 2.05) is 24.6 Å². The molecule has 18 heavy (non-hydrogen) atoms. The molecule has 2 N–H and O–H groups in total. The smallest absolute Gasteiger partial charge is 0.242 e. The van der Waals surface area contributed by atoms with Gasteiger partial charge in [0.05, 0.1) is 12.2 Å². The summed E-state index contributed by atoms with van der Waals surface area (Å²) in [5.74, 6) is 0.834. The van der Waals surface area contributed by atoms with Gasteiger partial charge < -0.3 is 10.6 Å². The van der Waals surface area contributed by atoms with Crippen molar-refractivity contribution in [1.29, 1.82) is 0 Å². The third kappa shape index (κ3) is 3.10. The number of nitrogens with zero attached hydrogens (tertiary/aromatic N) is 2. The van der Waals surface area contributed by atoms with E-state index in [9.17, 15) is 4.79 Å². The Balaban J connectivity index is 1.99. The maximum absolute atomic E-state index is 12.2. The van der Waals surface area contributed by atoms with Crippen LogP contribution in [0.15, 0.2) is 12.3 Å². The lowest BCUT2D eigenvalue weighted by molar-refractivity contribution is -0.118. The molecule has 1 atom stereocenters. The molecule has 0 saturated carbocycles. The molecule has 100 valence electrons. The predicted molar refractivity (Wildman–Crippen MR) is 71.5 cm³/mol. The van der Waals surface area contributed by atoms with E-state index in [4.69, 9.17) is 0 Å². The number of rotatable bonds is 3. The minimum absolute atomic E-state index is 0.0549. The lowest BCUT2D eigenvalue weighted by atomic mass is 10.1. The zero-order chi connectivity index (χ0) is 13.0. The average molecular weight is 250 g/mol. The highest BCUT2D eigenvalue weighted by molar-refractivity contribution is 5.94. The van der Waals surface area contributed by atoms with Crippen LogP contribution in [0.25, 0.3) is 0 Å². The van der Waals surface area contributed by atoms with Crippen LogP contribution in [0.2, 0.25) is 0 Å². The van der Waals surface area contributed by atoms with Gasteiger partial charge in [0.2, 0.25) is 5.91 Å². The van der Waals surface area contributed by atoms with Crippen molar-refractivity contribution in [2.24, 2.45) is 0 Å². The summed E-state index contributed by atoms with van der Waals surface area (Å²) in [5.41, 5.74) is 0. The van der Waals surface area contributed by atoms with E-state index >= 15 is 0 Å². The van der Waals surface area contributed by atoms with Crippen molar-refractivity contribution in [2.45, 2.75) is 51.6 Å². The molecule has 1 aromatic heterocycles. The molecule has 1 saturated heterocycles. The number of carbonyl (C=O) groups is 1. The van der Waals surface area contributed by atoms with Crippen LogP contribution in [0, 0.1) is 0 Å². The fraction of sp³-hybridized carbons (Fsp3) is 0.692. The molecule has 2 heterocycles. The van der Waals surface area contributed by atoms with Gasteiger partial charge in [-0.1, -0.05) is 12.8 Å². The lowest BCUT2D eigenvalue weighted by Crippen LogP contribution is -2.40. The minimum atomic E-state index is -0.0667. The maximum atomic E-state index is 12.2. The van der Waals surface area contributed by atoms with Gasteiger partial charge in [0.25, 0.3) is 0 Å². The molecular formula is C13H22N4O. The summed E-state index contributed by atoms with van der Waals surface area (Å²) in [4.78, 5) is 12.2. The highest BCUT2D eigenvalue weighted by Crippen LogP contribution is 2.15. The van der Waals surface area contributed by atoms with Gasteiger partial charge in [-0.15, -0.1) is 0 Å². The number of anilines is 1. The minimum Gasteiger partial charge on any atom is -0.310 e. The van der Waals surface area contributed by atoms with Crippen molar-refractivity contribution in [3.63, 3.8) is 0 Å². The van der Waals surface area contributed by atoms with E-state index in [0.717, 1.165) is 31.6 Å². The second-order valence-electron chi connectivity index (χ2n) is 5.10. The molecule has 2 rings (SSSR count). The molecule has 0 bridgehead atoms. The molecule has 1 aliphatic heterocycles. The number of amides is 1. The first-order valence-electron chi connectivity index (χ1n) is 6.76. The molecule has 1 fully saturated rings. The molecule has 5 heteroatoms. The Hall–Kier alpha value is -1.36. The van der Waals surface area contributed by atoms with Gasteiger partial charge in [-0.05, 0) is 33.2 Å². The van der Waals surface area contributed by atoms with Crippen LogP contribution in [0.3, 0.4) is 0 Å². The van der Waals surface area contributed by atoms with Crippen LogP contribution in [0.4, 0.5) is 5.82 Å². The molecule has 0 radical (unpaired) electrons. The molecule has 1 aromatic rings. The van der Waals surface area contributed by atoms with Crippen molar-refractivity contribution < 1.29 is 4.79 Å². The lowest BCUT2D eigenvalue weighted by Gasteiger charge is -2.17. The van der Waals surface area contributed by atoms with Crippen LogP contribution >= 0.6 is 0 Å². The summed E-state index contributed by atoms with van der Waals surface area (Å²) in [6.45, 7) is 5.03. The number of aromatic nitrogens is 2. The topological polar surface area (TPSA) is 59.0 Å². The van der Waals surface area contributed by atoms with Crippen LogP contribution in [0.5, 0.6) is 0 Å². The molecule has 5 nitrogen and oxygen atoms in total. The summed E-state index contributed by atoms with van der Waals surface area (Å²) in [7, 11) is 0. The van der Waals surface area contributed by atoms with Crippen molar-refractivity contribution in [3.8, 4) is 0 Å². The standard InChI is InChI=1S/C13H22N4O/c1-10(2)17-12(7-9-15-17)16-13(18)11-6-4-3-5-8-14-11/h7,9-11,14H,3-6,8H2,1-2H3,(H,16,18). The molecule has 1 amide bonds. The highest BCUT2D eigenvalue weighted by atomic mass is 16.2. The van der Waals surface area contributed by atoms with E-state index in [0.29, 0.717) is 0 Å². The molecule has 0 aromatic carbocycles. The monoisotopic (exact) mass is 250 g/mol. The van der Waals surface area contributed by atoms with Gasteiger partial charge >= 0.3 is 0 Å². The van der Waals surface area contributed by atoms with Crippen molar-refractivity contribution in [3.05, 3.63) is 12.3 Å². The Labute approximate surface area is 108 Å². The molecule has 1 aliphatic rings. The third-order valence-electron chi connectivity index (χ3n) is 3.29. The fourth-order valence-electron chi connectivity index (χ4n) is 2.29. The highest BCUT2D eigenvalue weighted by Gasteiger charge is 2.20. The average Bonchev–Trinajstić information content (AvgIpc) is 2.63. The van der Waals surface area contributed by atoms with Crippen LogP contribution in [-0.4, -0.2) is 28.3 Å². The quantitative estimate of drug-likeness (QED) is 0.862. The second kappa shape index (κ2) is 6.00. The van der Waals surface area contributed by atoms with E-state index in [-0.39, 0.29) is 18.0 Å². The van der Waals surface area contributed by atoms with Crippen LogP contribution < -0.4 is 10.6 Å². The molecular weight excluding hydrogens is 228 g/mol. The summed E-state index contributed by atoms with van der Waals surface area (Å²) in [5, 5.41) is 10.5. The molecule has 0 spiro atoms. The van der Waals surface area contributed by atoms with Gasteiger partial charge in [0, 0.05) is 12.1 Å². The van der Waals surface area contributed by atoms with Gasteiger partial charge in [-0.3, -0.25) is 4.79 Å². The van der Waals surface area contributed by atoms with E-state index in [1.54, 1.807) is 6.20 Å². The first-order valence-corrected chi connectivity index (χ1v) is 6.76. The summed E-state index contributed by atoms with van der Waals surface area (Å²) in [6.07, 6.45) is 6.13. The summed E-state index contributed by atoms with van der Waals surface area (Å²) >= 11 is 0. The van der Waals surface area contributed by atoms with E-state index in [2.05, 4.69) is 15.7 Å². The number of nitrogens with one attached hydrogen (secondary N) is 2. The maximum Gasteiger partial charge on any atom is 0.242 e. The summed E-state index contributed by atoms with van der Waals surface area (Å²) < 4.78 is 1.83. The first-order chi connectivity index (χ1) is 8.68. The largest absolute Gasteiger partial charge is 0.310 e. The van der Waals surface area contributed by atoms with Gasteiger partial charge in [0.15, 0.2) is 0 Å². The van der Waals surface area contributed by atoms with Gasteiger partial charge in [-0.2, -0.15) is 5.10 Å². The number of hydrogen-bond donors (Lipinski definition) is 2. The van der Waals surface area contributed by atoms with Crippen molar-refractivity contribution >= 4 is 11.7 Å². The third-order valence-corrected chi connectivity index (χ3v) is 3.29. The van der Waals surface area contributed by atoms with E-state index < -0.39 is 0 Å². The number of hydrogen-bond acceptors (Lipinski definition) is 3. The normalized spacial score (nSPS) is 20.7. The Morgan fingerprint density at radius 1 is 1.50 bits per heavy atom. The van der Waals surface area contributed by atoms with Crippen molar-refractivity contribution in [2.75, 3.05) is 11.9 Å². The fourth-order valence-corrected chi connectivity index (χ4v) is 2.29. The molecule has 0 aliphatic carbocycles. The van der Waals surface area contributed by atoms with Crippen LogP contribution in [-0.2, 0) is 4.79 Å². The van der Waals surface area contributed by atoms with Crippen molar-refractivity contribution in [1.82, 2.24) is 15.1 Å². The Morgan fingerprint density at radius 2 is 2.33 bits per heavy atom. The Kier molecular flexibility index (Phi) is 4.36. The van der Waals surface area contributed by atoms with Gasteiger partial charge in [0.1, 0.15) is 5.82 Å². The second-order valence-corrected chi connectivity index (χ2v) is 5.10. The zero-order valence-electron chi connectivity index (χ0n) is 11.1. The zero-order valence-corrected chi connectivity index (χ0v) is 11.1. The molecule has 1 unspecified atom stereocenters. The first kappa shape index (κ1) is 13.1. The number of carbonyl (C=O) groups excluding carboxylic acids is 1. The van der Waals surface area contributed by atoms with Gasteiger partial charge in [-0.25, -0.2) is 4.68 Å². The Bertz CT molecular complexity index is 391. The van der Waals surface area contributed by atoms with Crippen LogP contribution in [0.1, 0.15) is 45.6 Å².